The third-order valence-corrected chi connectivity index (χ3v) is 4.26. The Bertz CT molecular complexity index is 389. The van der Waals surface area contributed by atoms with Gasteiger partial charge in [-0.25, -0.2) is 0 Å². The van der Waals surface area contributed by atoms with Crippen LogP contribution in [0.4, 0.5) is 0 Å². The first-order chi connectivity index (χ1) is 9.78. The first kappa shape index (κ1) is 15.5. The van der Waals surface area contributed by atoms with Crippen LogP contribution in [0.1, 0.15) is 50.7 Å². The Balaban J connectivity index is 1.86. The maximum Gasteiger partial charge on any atom is 0.0233 e. The van der Waals surface area contributed by atoms with Gasteiger partial charge in [-0.2, -0.15) is 0 Å². The highest BCUT2D eigenvalue weighted by atomic mass is 15.1. The third kappa shape index (κ3) is 5.26. The topological polar surface area (TPSA) is 15.3 Å². The predicted molar refractivity (Wildman–Crippen MR) is 86.7 cm³/mol. The Hall–Kier alpha value is -0.860. The molecule has 1 aliphatic heterocycles. The summed E-state index contributed by atoms with van der Waals surface area (Å²) in [6.45, 7) is 10.4. The number of nitrogens with one attached hydrogen (secondary N) is 1. The molecule has 1 aromatic carbocycles. The molecule has 2 rings (SSSR count). The van der Waals surface area contributed by atoms with Crippen molar-refractivity contribution in [3.63, 3.8) is 0 Å². The minimum atomic E-state index is 0.907. The number of benzene rings is 1. The molecule has 0 radical (unpaired) electrons. The van der Waals surface area contributed by atoms with Crippen molar-refractivity contribution >= 4 is 0 Å². The standard InChI is InChI=1S/C18H30N2/c1-3-10-19-14-17-7-4-8-18(13-17)15-20-11-5-6-16(2)9-12-20/h4,7-8,13,16,19H,3,5-6,9-12,14-15H2,1-2H3. The molecule has 1 fully saturated rings. The lowest BCUT2D eigenvalue weighted by Gasteiger charge is -2.20. The van der Waals surface area contributed by atoms with Gasteiger partial charge in [0.25, 0.3) is 0 Å². The molecule has 1 heterocycles. The van der Waals surface area contributed by atoms with Crippen molar-refractivity contribution in [3.05, 3.63) is 35.4 Å². The lowest BCUT2D eigenvalue weighted by atomic mass is 10.0. The molecule has 0 bridgehead atoms. The van der Waals surface area contributed by atoms with Crippen LogP contribution >= 0.6 is 0 Å². The van der Waals surface area contributed by atoms with E-state index in [9.17, 15) is 0 Å². The second-order valence-corrected chi connectivity index (χ2v) is 6.31. The normalized spacial score (nSPS) is 20.8. The van der Waals surface area contributed by atoms with Crippen LogP contribution in [0.15, 0.2) is 24.3 Å². The Morgan fingerprint density at radius 1 is 1.20 bits per heavy atom. The molecule has 1 atom stereocenters. The summed E-state index contributed by atoms with van der Waals surface area (Å²) in [6.07, 6.45) is 5.32. The molecular formula is C18H30N2. The van der Waals surface area contributed by atoms with Crippen LogP contribution in [0.2, 0.25) is 0 Å². The van der Waals surface area contributed by atoms with Crippen molar-refractivity contribution in [2.75, 3.05) is 19.6 Å². The quantitative estimate of drug-likeness (QED) is 0.794. The van der Waals surface area contributed by atoms with E-state index in [1.54, 1.807) is 0 Å². The summed E-state index contributed by atoms with van der Waals surface area (Å²) in [5.74, 6) is 0.907. The summed E-state index contributed by atoms with van der Waals surface area (Å²) >= 11 is 0. The highest BCUT2D eigenvalue weighted by Crippen LogP contribution is 2.18. The number of rotatable bonds is 6. The van der Waals surface area contributed by atoms with E-state index in [2.05, 4.69) is 48.3 Å². The number of nitrogens with zero attached hydrogens (tertiary/aromatic N) is 1. The van der Waals surface area contributed by atoms with Gasteiger partial charge in [0, 0.05) is 13.1 Å². The van der Waals surface area contributed by atoms with Gasteiger partial charge in [0.05, 0.1) is 0 Å². The SMILES string of the molecule is CCCNCc1cccc(CN2CCCC(C)CC2)c1. The molecule has 1 saturated heterocycles. The van der Waals surface area contributed by atoms with Gasteiger partial charge >= 0.3 is 0 Å². The van der Waals surface area contributed by atoms with Crippen LogP contribution in [0.3, 0.4) is 0 Å². The molecule has 0 amide bonds. The van der Waals surface area contributed by atoms with E-state index in [-0.39, 0.29) is 0 Å². The predicted octanol–water partition coefficient (Wildman–Crippen LogP) is 3.81. The van der Waals surface area contributed by atoms with Crippen molar-refractivity contribution in [1.29, 1.82) is 0 Å². The molecule has 2 nitrogen and oxygen atoms in total. The smallest absolute Gasteiger partial charge is 0.0233 e. The summed E-state index contributed by atoms with van der Waals surface area (Å²) in [4.78, 5) is 2.63. The van der Waals surface area contributed by atoms with Crippen LogP contribution in [0.5, 0.6) is 0 Å². The summed E-state index contributed by atoms with van der Waals surface area (Å²) < 4.78 is 0. The van der Waals surface area contributed by atoms with Gasteiger partial charge in [-0.3, -0.25) is 4.90 Å². The molecule has 0 spiro atoms. The van der Waals surface area contributed by atoms with Crippen molar-refractivity contribution in [2.24, 2.45) is 5.92 Å². The summed E-state index contributed by atoms with van der Waals surface area (Å²) in [5.41, 5.74) is 2.88. The Labute approximate surface area is 124 Å². The summed E-state index contributed by atoms with van der Waals surface area (Å²) in [5, 5.41) is 3.48. The van der Waals surface area contributed by atoms with Gasteiger partial charge in [0.1, 0.15) is 0 Å². The number of hydrogen-bond donors (Lipinski definition) is 1. The lowest BCUT2D eigenvalue weighted by molar-refractivity contribution is 0.273. The fourth-order valence-corrected chi connectivity index (χ4v) is 2.99. The first-order valence-electron chi connectivity index (χ1n) is 8.29. The molecule has 2 heteroatoms. The highest BCUT2D eigenvalue weighted by Gasteiger charge is 2.13. The zero-order chi connectivity index (χ0) is 14.2. The van der Waals surface area contributed by atoms with Crippen LogP contribution in [0.25, 0.3) is 0 Å². The van der Waals surface area contributed by atoms with Gasteiger partial charge < -0.3 is 5.32 Å². The number of hydrogen-bond acceptors (Lipinski definition) is 2. The van der Waals surface area contributed by atoms with E-state index >= 15 is 0 Å². The van der Waals surface area contributed by atoms with Crippen molar-refractivity contribution in [1.82, 2.24) is 10.2 Å². The average molecular weight is 274 g/mol. The second-order valence-electron chi connectivity index (χ2n) is 6.31. The van der Waals surface area contributed by atoms with Gasteiger partial charge in [-0.15, -0.1) is 0 Å². The lowest BCUT2D eigenvalue weighted by Crippen LogP contribution is -2.24. The Morgan fingerprint density at radius 3 is 2.90 bits per heavy atom. The average Bonchev–Trinajstić information content (AvgIpc) is 2.65. The van der Waals surface area contributed by atoms with Crippen molar-refractivity contribution in [3.8, 4) is 0 Å². The first-order valence-corrected chi connectivity index (χ1v) is 8.29. The maximum absolute atomic E-state index is 3.48. The van der Waals surface area contributed by atoms with E-state index in [4.69, 9.17) is 0 Å². The molecule has 1 aliphatic rings. The van der Waals surface area contributed by atoms with E-state index in [0.717, 1.165) is 25.6 Å². The van der Waals surface area contributed by atoms with Crippen molar-refractivity contribution in [2.45, 2.75) is 52.6 Å². The van der Waals surface area contributed by atoms with E-state index in [1.165, 1.54) is 49.9 Å². The Kier molecular flexibility index (Phi) is 6.55. The minimum Gasteiger partial charge on any atom is -0.313 e. The van der Waals surface area contributed by atoms with Crippen LogP contribution in [-0.4, -0.2) is 24.5 Å². The fraction of sp³-hybridized carbons (Fsp3) is 0.667. The molecule has 0 aliphatic carbocycles. The fourth-order valence-electron chi connectivity index (χ4n) is 2.99. The zero-order valence-electron chi connectivity index (χ0n) is 13.2. The molecule has 1 N–H and O–H groups in total. The van der Waals surface area contributed by atoms with Crippen molar-refractivity contribution < 1.29 is 0 Å². The minimum absolute atomic E-state index is 0.907. The van der Waals surface area contributed by atoms with Gasteiger partial charge in [-0.05, 0) is 62.4 Å². The maximum atomic E-state index is 3.48. The Morgan fingerprint density at radius 2 is 2.05 bits per heavy atom. The second kappa shape index (κ2) is 8.43. The number of likely N-dealkylation sites (tertiary alicyclic amines) is 1. The highest BCUT2D eigenvalue weighted by molar-refractivity contribution is 5.23. The molecule has 1 unspecified atom stereocenters. The van der Waals surface area contributed by atoms with Crippen LogP contribution < -0.4 is 5.32 Å². The van der Waals surface area contributed by atoms with Gasteiger partial charge in [-0.1, -0.05) is 38.1 Å². The van der Waals surface area contributed by atoms with E-state index < -0.39 is 0 Å². The van der Waals surface area contributed by atoms with Crippen LogP contribution in [-0.2, 0) is 13.1 Å². The van der Waals surface area contributed by atoms with Gasteiger partial charge in [0.15, 0.2) is 0 Å². The molecular weight excluding hydrogens is 244 g/mol. The zero-order valence-corrected chi connectivity index (χ0v) is 13.2. The molecule has 1 aromatic rings. The summed E-state index contributed by atoms with van der Waals surface area (Å²) in [6, 6.07) is 9.09. The molecule has 0 aromatic heterocycles. The van der Waals surface area contributed by atoms with Crippen LogP contribution in [0, 0.1) is 5.92 Å². The van der Waals surface area contributed by atoms with E-state index in [0.29, 0.717) is 0 Å². The molecule has 20 heavy (non-hydrogen) atoms. The van der Waals surface area contributed by atoms with Gasteiger partial charge in [0.2, 0.25) is 0 Å². The molecule has 0 saturated carbocycles. The largest absolute Gasteiger partial charge is 0.313 e. The monoisotopic (exact) mass is 274 g/mol. The summed E-state index contributed by atoms with van der Waals surface area (Å²) in [7, 11) is 0. The third-order valence-electron chi connectivity index (χ3n) is 4.26. The molecule has 112 valence electrons. The van der Waals surface area contributed by atoms with E-state index in [1.807, 2.05) is 0 Å².